The predicted molar refractivity (Wildman–Crippen MR) is 222 cm³/mol. The van der Waals surface area contributed by atoms with Gasteiger partial charge in [-0.25, -0.2) is 4.98 Å². The Morgan fingerprint density at radius 1 is 0.818 bits per heavy atom. The van der Waals surface area contributed by atoms with Gasteiger partial charge in [0.2, 0.25) is 0 Å². The normalized spacial score (nSPS) is 12.8. The van der Waals surface area contributed by atoms with Gasteiger partial charge in [-0.05, 0) is 76.9 Å². The van der Waals surface area contributed by atoms with Crippen molar-refractivity contribution < 1.29 is 30.5 Å². The number of pyridine rings is 1. The molecule has 0 aliphatic rings. The summed E-state index contributed by atoms with van der Waals surface area (Å²) in [4.78, 5) is 4.71. The summed E-state index contributed by atoms with van der Waals surface area (Å²) in [6.07, 6.45) is 10.3. The molecule has 0 saturated carbocycles. The Kier molecular flexibility index (Phi) is 12.1. The molecule has 0 bridgehead atoms. The second-order valence-corrected chi connectivity index (χ2v) is 16.0. The molecule has 0 amide bonds. The molecule has 3 aromatic heterocycles. The summed E-state index contributed by atoms with van der Waals surface area (Å²) >= 11 is 0. The van der Waals surface area contributed by atoms with E-state index in [0.717, 1.165) is 75.9 Å². The van der Waals surface area contributed by atoms with Crippen molar-refractivity contribution in [1.29, 1.82) is 0 Å². The molecular formula is C48H52N4O2Pt. The number of hydrogen-bond acceptors (Lipinski definition) is 4. The van der Waals surface area contributed by atoms with Crippen molar-refractivity contribution in [2.75, 3.05) is 7.11 Å². The van der Waals surface area contributed by atoms with Crippen LogP contribution in [0.1, 0.15) is 83.6 Å². The van der Waals surface area contributed by atoms with E-state index >= 15 is 0 Å². The van der Waals surface area contributed by atoms with Gasteiger partial charge in [0.1, 0.15) is 11.6 Å². The van der Waals surface area contributed by atoms with Gasteiger partial charge in [-0.1, -0.05) is 103 Å². The van der Waals surface area contributed by atoms with Crippen molar-refractivity contribution in [1.82, 2.24) is 19.3 Å². The number of methoxy groups -OCH3 is 1. The maximum absolute atomic E-state index is 6.66. The van der Waals surface area contributed by atoms with Crippen LogP contribution in [-0.4, -0.2) is 26.4 Å². The average Bonchev–Trinajstić information content (AvgIpc) is 3.77. The average molecular weight is 912 g/mol. The number of ether oxygens (including phenoxy) is 2. The molecule has 0 spiro atoms. The van der Waals surface area contributed by atoms with Gasteiger partial charge in [-0.2, -0.15) is 11.2 Å². The van der Waals surface area contributed by atoms with E-state index in [1.54, 1.807) is 13.3 Å². The van der Waals surface area contributed by atoms with Crippen LogP contribution in [0.2, 0.25) is 0 Å². The largest absolute Gasteiger partial charge is 2.00 e. The van der Waals surface area contributed by atoms with E-state index in [-0.39, 0.29) is 26.5 Å². The fourth-order valence-electron chi connectivity index (χ4n) is 7.34. The van der Waals surface area contributed by atoms with Gasteiger partial charge in [0.15, 0.2) is 0 Å². The predicted octanol–water partition coefficient (Wildman–Crippen LogP) is 12.2. The Labute approximate surface area is 341 Å². The molecular weight excluding hydrogens is 860 g/mol. The Balaban J connectivity index is 0.00000514. The van der Waals surface area contributed by atoms with Gasteiger partial charge in [0.05, 0.1) is 13.3 Å². The second kappa shape index (κ2) is 16.6. The Hall–Kier alpha value is -4.67. The van der Waals surface area contributed by atoms with Crippen molar-refractivity contribution in [2.24, 2.45) is 11.8 Å². The number of aryl methyl sites for hydroxylation is 1. The summed E-state index contributed by atoms with van der Waals surface area (Å²) in [5.74, 6) is 3.88. The summed E-state index contributed by atoms with van der Waals surface area (Å²) < 4.78 is 16.3. The van der Waals surface area contributed by atoms with Crippen LogP contribution in [0.5, 0.6) is 17.2 Å². The standard InChI is InChI=1S/C48H52N4O2.Pt/c1-10-31(3)20-34-22-33(5)23-35(21-32(4)11-2)47(34)36-29-50-51(30-36)38-24-37(48(6,7)8)25-41(26-38)54-40-16-17-43-42-14-12-13-15-44(42)52(45(43)27-40)46-28-39(53-9)18-19-49-46;/h12-19,22-25,28-32H,10-11,20-21H2,1-9H3;/q-2;+2. The third-order valence-electron chi connectivity index (χ3n) is 10.7. The maximum Gasteiger partial charge on any atom is 2.00 e. The number of aromatic nitrogens is 4. The van der Waals surface area contributed by atoms with E-state index in [1.165, 1.54) is 22.3 Å². The molecule has 2 unspecified atom stereocenters. The minimum Gasteiger partial charge on any atom is -0.509 e. The molecule has 6 nitrogen and oxygen atoms in total. The zero-order valence-corrected chi connectivity index (χ0v) is 35.8. The van der Waals surface area contributed by atoms with Crippen molar-refractivity contribution in [3.8, 4) is 39.9 Å². The van der Waals surface area contributed by atoms with Gasteiger partial charge >= 0.3 is 21.1 Å². The zero-order valence-electron chi connectivity index (χ0n) is 33.6. The molecule has 0 fully saturated rings. The molecule has 0 aliphatic heterocycles. The summed E-state index contributed by atoms with van der Waals surface area (Å²) in [5.41, 5.74) is 10.3. The number of para-hydroxylation sites is 1. The molecule has 7 rings (SSSR count). The molecule has 7 aromatic rings. The van der Waals surface area contributed by atoms with E-state index in [0.29, 0.717) is 23.3 Å². The quantitative estimate of drug-likeness (QED) is 0.115. The SMILES string of the molecule is CCC(C)Cc1cc(C)cc(CC(C)CC)c1-c1cnn(-c2[c-]c(Oc3[c-]c4c(cc3)c3ccccc3n4-c3cc(OC)ccn3)cc(C(C)(C)C)c2)c1.[Pt+2]. The number of fused-ring (bicyclic) bond motifs is 3. The maximum atomic E-state index is 6.66. The Bertz CT molecular complexity index is 2400. The number of rotatable bonds is 12. The minimum atomic E-state index is -0.139. The molecule has 7 heteroatoms. The minimum absolute atomic E-state index is 0. The molecule has 3 heterocycles. The number of nitrogens with zero attached hydrogens (tertiary/aromatic N) is 4. The van der Waals surface area contributed by atoms with Crippen molar-refractivity contribution in [3.05, 3.63) is 126 Å². The fourth-order valence-corrected chi connectivity index (χ4v) is 7.34. The van der Waals surface area contributed by atoms with Gasteiger partial charge in [0, 0.05) is 41.0 Å². The zero-order chi connectivity index (χ0) is 38.1. The first kappa shape index (κ1) is 40.0. The van der Waals surface area contributed by atoms with Crippen LogP contribution >= 0.6 is 0 Å². The van der Waals surface area contributed by atoms with Crippen LogP contribution in [-0.2, 0) is 39.3 Å². The van der Waals surface area contributed by atoms with Crippen molar-refractivity contribution in [3.63, 3.8) is 0 Å². The molecule has 0 aliphatic carbocycles. The van der Waals surface area contributed by atoms with Crippen molar-refractivity contribution in [2.45, 2.75) is 86.5 Å². The Morgan fingerprint density at radius 2 is 1.53 bits per heavy atom. The number of hydrogen-bond donors (Lipinski definition) is 0. The van der Waals surface area contributed by atoms with Crippen LogP contribution in [0.15, 0.2) is 91.4 Å². The van der Waals surface area contributed by atoms with Crippen LogP contribution in [0.3, 0.4) is 0 Å². The number of benzene rings is 4. The molecule has 55 heavy (non-hydrogen) atoms. The summed E-state index contributed by atoms with van der Waals surface area (Å²) in [5, 5.41) is 7.15. The van der Waals surface area contributed by atoms with Gasteiger partial charge in [-0.15, -0.1) is 41.3 Å². The first-order valence-corrected chi connectivity index (χ1v) is 19.3. The molecule has 0 saturated heterocycles. The third-order valence-corrected chi connectivity index (χ3v) is 10.7. The van der Waals surface area contributed by atoms with Crippen LogP contribution in [0.4, 0.5) is 0 Å². The molecule has 0 N–H and O–H groups in total. The summed E-state index contributed by atoms with van der Waals surface area (Å²) in [6.45, 7) is 18.1. The molecule has 0 radical (unpaired) electrons. The summed E-state index contributed by atoms with van der Waals surface area (Å²) in [6, 6.07) is 32.4. The fraction of sp³-hybridized carbons (Fsp3) is 0.333. The van der Waals surface area contributed by atoms with Gasteiger partial charge in [0.25, 0.3) is 0 Å². The van der Waals surface area contributed by atoms with E-state index in [1.807, 2.05) is 35.1 Å². The summed E-state index contributed by atoms with van der Waals surface area (Å²) in [7, 11) is 1.67. The van der Waals surface area contributed by atoms with Gasteiger partial charge in [-0.3, -0.25) is 4.68 Å². The molecule has 2 atom stereocenters. The van der Waals surface area contributed by atoms with Crippen LogP contribution in [0.25, 0.3) is 44.4 Å². The molecule has 4 aromatic carbocycles. The van der Waals surface area contributed by atoms with Crippen molar-refractivity contribution >= 4 is 21.8 Å². The van der Waals surface area contributed by atoms with Gasteiger partial charge < -0.3 is 14.0 Å². The van der Waals surface area contributed by atoms with E-state index in [2.05, 4.69) is 127 Å². The topological polar surface area (TPSA) is 54.1 Å². The Morgan fingerprint density at radius 3 is 2.20 bits per heavy atom. The first-order valence-electron chi connectivity index (χ1n) is 19.3. The van der Waals surface area contributed by atoms with E-state index < -0.39 is 0 Å². The molecule has 286 valence electrons. The smallest absolute Gasteiger partial charge is 0.509 e. The monoisotopic (exact) mass is 911 g/mol. The van der Waals surface area contributed by atoms with Crippen LogP contribution in [0, 0.1) is 30.9 Å². The van der Waals surface area contributed by atoms with E-state index in [9.17, 15) is 0 Å². The van der Waals surface area contributed by atoms with E-state index in [4.69, 9.17) is 19.6 Å². The third kappa shape index (κ3) is 8.45. The second-order valence-electron chi connectivity index (χ2n) is 16.0. The van der Waals surface area contributed by atoms with Crippen LogP contribution < -0.4 is 9.47 Å². The first-order chi connectivity index (χ1) is 25.9.